The minimum absolute atomic E-state index is 0.0579. The molecule has 0 bridgehead atoms. The molecule has 1 aliphatic heterocycles. The predicted octanol–water partition coefficient (Wildman–Crippen LogP) is 4.82. The number of carbonyl (C=O) groups is 1. The fourth-order valence-electron chi connectivity index (χ4n) is 3.90. The van der Waals surface area contributed by atoms with Crippen molar-refractivity contribution in [2.45, 2.75) is 71.5 Å². The van der Waals surface area contributed by atoms with E-state index in [1.807, 2.05) is 16.7 Å². The molecule has 2 aliphatic rings. The second kappa shape index (κ2) is 8.94. The van der Waals surface area contributed by atoms with Gasteiger partial charge in [0.25, 0.3) is 0 Å². The van der Waals surface area contributed by atoms with Gasteiger partial charge in [-0.3, -0.25) is 14.7 Å². The second-order valence-corrected chi connectivity index (χ2v) is 8.40. The van der Waals surface area contributed by atoms with Gasteiger partial charge in [0, 0.05) is 24.9 Å². The maximum absolute atomic E-state index is 12.5. The molecule has 1 aliphatic carbocycles. The van der Waals surface area contributed by atoms with Gasteiger partial charge in [0.2, 0.25) is 5.91 Å². The first-order valence-electron chi connectivity index (χ1n) is 9.94. The van der Waals surface area contributed by atoms with Crippen LogP contribution in [0.4, 0.5) is 5.69 Å². The molecule has 26 heavy (non-hydrogen) atoms. The van der Waals surface area contributed by atoms with E-state index in [9.17, 15) is 4.79 Å². The Hall–Kier alpha value is -1.49. The molecule has 5 heteroatoms. The number of nitrogens with zero attached hydrogens (tertiary/aromatic N) is 3. The highest BCUT2D eigenvalue weighted by atomic mass is 32.2. The van der Waals surface area contributed by atoms with Gasteiger partial charge >= 0.3 is 0 Å². The van der Waals surface area contributed by atoms with Crippen molar-refractivity contribution < 1.29 is 4.79 Å². The fourth-order valence-corrected chi connectivity index (χ4v) is 5.13. The molecule has 2 fully saturated rings. The van der Waals surface area contributed by atoms with E-state index in [-0.39, 0.29) is 12.1 Å². The van der Waals surface area contributed by atoms with Gasteiger partial charge in [-0.05, 0) is 38.3 Å². The normalized spacial score (nSPS) is 22.8. The van der Waals surface area contributed by atoms with Gasteiger partial charge in [0.15, 0.2) is 5.17 Å². The lowest BCUT2D eigenvalue weighted by Gasteiger charge is -2.35. The van der Waals surface area contributed by atoms with Crippen molar-refractivity contribution in [2.24, 2.45) is 4.99 Å². The highest BCUT2D eigenvalue weighted by molar-refractivity contribution is 8.14. The number of rotatable bonds is 5. The number of anilines is 1. The monoisotopic (exact) mass is 373 g/mol. The van der Waals surface area contributed by atoms with Crippen LogP contribution < -0.4 is 4.90 Å². The standard InChI is InChI=1S/C21H31N3OS/c1-4-14-23-20(15-26-21(23)22-18-8-6-5-7-9-18)24(17(3)25)19-12-10-16(2)11-13-19/h10-13,18,20H,4-9,14-15H2,1-3H3. The summed E-state index contributed by atoms with van der Waals surface area (Å²) >= 11 is 1.82. The Morgan fingerprint density at radius 2 is 1.92 bits per heavy atom. The van der Waals surface area contributed by atoms with Crippen LogP contribution in [0, 0.1) is 6.92 Å². The molecule has 1 saturated carbocycles. The summed E-state index contributed by atoms with van der Waals surface area (Å²) in [5.74, 6) is 0.985. The highest BCUT2D eigenvalue weighted by Gasteiger charge is 2.36. The van der Waals surface area contributed by atoms with Crippen LogP contribution in [-0.2, 0) is 4.79 Å². The Labute approximate surface area is 162 Å². The van der Waals surface area contributed by atoms with Gasteiger partial charge in [-0.2, -0.15) is 0 Å². The van der Waals surface area contributed by atoms with Crippen molar-refractivity contribution in [3.8, 4) is 0 Å². The Morgan fingerprint density at radius 1 is 1.23 bits per heavy atom. The number of hydrogen-bond donors (Lipinski definition) is 0. The first-order valence-corrected chi connectivity index (χ1v) is 10.9. The summed E-state index contributed by atoms with van der Waals surface area (Å²) in [7, 11) is 0. The van der Waals surface area contributed by atoms with Gasteiger partial charge in [-0.1, -0.05) is 55.6 Å². The summed E-state index contributed by atoms with van der Waals surface area (Å²) in [6.07, 6.45) is 7.48. The minimum atomic E-state index is 0.0579. The number of hydrogen-bond acceptors (Lipinski definition) is 3. The molecule has 1 aromatic rings. The van der Waals surface area contributed by atoms with Crippen LogP contribution in [0.1, 0.15) is 57.9 Å². The highest BCUT2D eigenvalue weighted by Crippen LogP contribution is 2.32. The Balaban J connectivity index is 1.85. The van der Waals surface area contributed by atoms with E-state index in [0.29, 0.717) is 6.04 Å². The van der Waals surface area contributed by atoms with E-state index < -0.39 is 0 Å². The lowest BCUT2D eigenvalue weighted by molar-refractivity contribution is -0.117. The summed E-state index contributed by atoms with van der Waals surface area (Å²) < 4.78 is 0. The summed E-state index contributed by atoms with van der Waals surface area (Å²) in [4.78, 5) is 21.9. The molecule has 1 aromatic carbocycles. The first-order chi connectivity index (χ1) is 12.6. The van der Waals surface area contributed by atoms with Crippen molar-refractivity contribution in [1.29, 1.82) is 0 Å². The van der Waals surface area contributed by atoms with Crippen LogP contribution in [0.3, 0.4) is 0 Å². The average Bonchev–Trinajstić information content (AvgIpc) is 3.00. The molecule has 0 aromatic heterocycles. The van der Waals surface area contributed by atoms with Gasteiger partial charge < -0.3 is 4.90 Å². The molecular weight excluding hydrogens is 342 g/mol. The van der Waals surface area contributed by atoms with Gasteiger partial charge in [-0.25, -0.2) is 0 Å². The number of amides is 1. The van der Waals surface area contributed by atoms with Crippen LogP contribution in [0.25, 0.3) is 0 Å². The lowest BCUT2D eigenvalue weighted by atomic mass is 9.96. The minimum Gasteiger partial charge on any atom is -0.330 e. The van der Waals surface area contributed by atoms with Crippen LogP contribution in [0.15, 0.2) is 29.3 Å². The number of carbonyl (C=O) groups excluding carboxylic acids is 1. The van der Waals surface area contributed by atoms with E-state index in [1.165, 1.54) is 37.7 Å². The van der Waals surface area contributed by atoms with Crippen molar-refractivity contribution in [2.75, 3.05) is 17.2 Å². The molecule has 0 radical (unpaired) electrons. The number of amidine groups is 1. The van der Waals surface area contributed by atoms with E-state index >= 15 is 0 Å². The third-order valence-electron chi connectivity index (χ3n) is 5.25. The first kappa shape index (κ1) is 19.3. The molecule has 142 valence electrons. The van der Waals surface area contributed by atoms with Crippen molar-refractivity contribution >= 4 is 28.5 Å². The summed E-state index contributed by atoms with van der Waals surface area (Å²) in [5, 5.41) is 1.14. The second-order valence-electron chi connectivity index (χ2n) is 7.41. The van der Waals surface area contributed by atoms with Crippen LogP contribution in [0.5, 0.6) is 0 Å². The summed E-state index contributed by atoms with van der Waals surface area (Å²) in [6.45, 7) is 6.89. The Morgan fingerprint density at radius 3 is 2.54 bits per heavy atom. The quantitative estimate of drug-likeness (QED) is 0.742. The molecule has 1 atom stereocenters. The molecule has 3 rings (SSSR count). The predicted molar refractivity (Wildman–Crippen MR) is 112 cm³/mol. The molecule has 1 saturated heterocycles. The smallest absolute Gasteiger partial charge is 0.225 e. The largest absolute Gasteiger partial charge is 0.330 e. The molecule has 0 spiro atoms. The Bertz CT molecular complexity index is 637. The third-order valence-corrected chi connectivity index (χ3v) is 6.31. The van der Waals surface area contributed by atoms with Gasteiger partial charge in [-0.15, -0.1) is 0 Å². The Kier molecular flexibility index (Phi) is 6.63. The maximum Gasteiger partial charge on any atom is 0.225 e. The average molecular weight is 374 g/mol. The van der Waals surface area contributed by atoms with Crippen molar-refractivity contribution in [3.05, 3.63) is 29.8 Å². The van der Waals surface area contributed by atoms with Crippen molar-refractivity contribution in [3.63, 3.8) is 0 Å². The molecule has 1 heterocycles. The molecule has 1 unspecified atom stereocenters. The number of aryl methyl sites for hydroxylation is 1. The number of benzene rings is 1. The number of aliphatic imine (C=N–C) groups is 1. The zero-order valence-corrected chi connectivity index (χ0v) is 17.1. The fraction of sp³-hybridized carbons (Fsp3) is 0.619. The van der Waals surface area contributed by atoms with E-state index in [0.717, 1.165) is 29.6 Å². The van der Waals surface area contributed by atoms with Crippen LogP contribution in [-0.4, -0.2) is 40.5 Å². The van der Waals surface area contributed by atoms with Crippen LogP contribution in [0.2, 0.25) is 0 Å². The van der Waals surface area contributed by atoms with Gasteiger partial charge in [0.05, 0.1) is 6.04 Å². The van der Waals surface area contributed by atoms with Crippen molar-refractivity contribution in [1.82, 2.24) is 4.90 Å². The summed E-state index contributed by atoms with van der Waals surface area (Å²) in [5.41, 5.74) is 2.19. The molecule has 0 N–H and O–H groups in total. The lowest BCUT2D eigenvalue weighted by Crippen LogP contribution is -2.50. The zero-order chi connectivity index (χ0) is 18.5. The molecular formula is C21H31N3OS. The maximum atomic E-state index is 12.5. The van der Waals surface area contributed by atoms with Gasteiger partial charge in [0.1, 0.15) is 6.17 Å². The van der Waals surface area contributed by atoms with E-state index in [1.54, 1.807) is 6.92 Å². The van der Waals surface area contributed by atoms with E-state index in [4.69, 9.17) is 4.99 Å². The van der Waals surface area contributed by atoms with Crippen LogP contribution >= 0.6 is 11.8 Å². The number of thioether (sulfide) groups is 1. The SMILES string of the molecule is CCCN1C(=NC2CCCCC2)SCC1N(C(C)=O)c1ccc(C)cc1. The van der Waals surface area contributed by atoms with E-state index in [2.05, 4.69) is 43.0 Å². The topological polar surface area (TPSA) is 35.9 Å². The summed E-state index contributed by atoms with van der Waals surface area (Å²) in [6, 6.07) is 8.74. The zero-order valence-electron chi connectivity index (χ0n) is 16.3. The molecule has 4 nitrogen and oxygen atoms in total. The third kappa shape index (κ3) is 4.43. The molecule has 1 amide bonds.